The van der Waals surface area contributed by atoms with E-state index >= 15 is 0 Å². The van der Waals surface area contributed by atoms with E-state index in [4.69, 9.17) is 4.74 Å². The van der Waals surface area contributed by atoms with Gasteiger partial charge >= 0.3 is 5.97 Å². The highest BCUT2D eigenvalue weighted by Crippen LogP contribution is 2.20. The fourth-order valence-electron chi connectivity index (χ4n) is 13.0. The van der Waals surface area contributed by atoms with Gasteiger partial charge in [0.05, 0.1) is 25.4 Å². The minimum atomic E-state index is -0.665. The third-order valence-corrected chi connectivity index (χ3v) is 19.1. The molecule has 0 aromatic heterocycles. The highest BCUT2D eigenvalue weighted by molar-refractivity contribution is 5.76. The standard InChI is InChI=1S/C80H157NO5/c1-3-5-7-9-11-13-15-17-19-21-23-24-31-34-37-40-44-48-52-56-60-64-68-72-78(83)77(76-82)81-79(84)73-69-65-61-57-53-49-45-41-38-35-32-29-27-25-26-28-30-33-36-39-43-47-51-55-59-63-67-71-75-86-80(85)74-70-66-62-58-54-50-46-42-22-20-18-16-14-12-10-8-6-4-2/h25-26,77-78,82-83H,3-24,27-76H2,1-2H3,(H,81,84)/b26-25-. The second-order valence-electron chi connectivity index (χ2n) is 27.8. The molecule has 0 spiro atoms. The summed E-state index contributed by atoms with van der Waals surface area (Å²) in [6.45, 7) is 5.02. The fraction of sp³-hybridized carbons (Fsp3) is 0.950. The summed E-state index contributed by atoms with van der Waals surface area (Å²) in [5, 5.41) is 23.5. The zero-order valence-electron chi connectivity index (χ0n) is 58.8. The zero-order chi connectivity index (χ0) is 62.0. The van der Waals surface area contributed by atoms with Crippen LogP contribution in [0.4, 0.5) is 0 Å². The zero-order valence-corrected chi connectivity index (χ0v) is 58.8. The van der Waals surface area contributed by atoms with Crippen LogP contribution < -0.4 is 5.32 Å². The van der Waals surface area contributed by atoms with Crippen LogP contribution in [-0.2, 0) is 14.3 Å². The van der Waals surface area contributed by atoms with Crippen LogP contribution in [0.1, 0.15) is 463 Å². The average molecular weight is 1210 g/mol. The number of aliphatic hydroxyl groups excluding tert-OH is 2. The van der Waals surface area contributed by atoms with Gasteiger partial charge in [-0.05, 0) is 51.4 Å². The van der Waals surface area contributed by atoms with Gasteiger partial charge in [-0.1, -0.05) is 411 Å². The average Bonchev–Trinajstić information content (AvgIpc) is 3.55. The Morgan fingerprint density at radius 2 is 0.547 bits per heavy atom. The normalized spacial score (nSPS) is 12.5. The molecule has 0 aromatic rings. The van der Waals surface area contributed by atoms with Gasteiger partial charge in [-0.3, -0.25) is 9.59 Å². The van der Waals surface area contributed by atoms with Crippen LogP contribution in [0.15, 0.2) is 12.2 Å². The Hall–Kier alpha value is -1.40. The van der Waals surface area contributed by atoms with E-state index in [1.807, 2.05) is 0 Å². The number of unbranched alkanes of at least 4 members (excludes halogenated alkanes) is 63. The molecular formula is C80H157NO5. The number of hydrogen-bond acceptors (Lipinski definition) is 5. The smallest absolute Gasteiger partial charge is 0.305 e. The van der Waals surface area contributed by atoms with Gasteiger partial charge in [-0.15, -0.1) is 0 Å². The Kier molecular flexibility index (Phi) is 74.8. The van der Waals surface area contributed by atoms with E-state index < -0.39 is 12.1 Å². The number of rotatable bonds is 76. The van der Waals surface area contributed by atoms with E-state index in [9.17, 15) is 19.8 Å². The van der Waals surface area contributed by atoms with E-state index in [1.165, 1.54) is 392 Å². The molecule has 3 N–H and O–H groups in total. The van der Waals surface area contributed by atoms with E-state index in [2.05, 4.69) is 31.3 Å². The van der Waals surface area contributed by atoms with Crippen LogP contribution >= 0.6 is 0 Å². The predicted molar refractivity (Wildman–Crippen MR) is 380 cm³/mol. The van der Waals surface area contributed by atoms with E-state index in [-0.39, 0.29) is 18.5 Å². The van der Waals surface area contributed by atoms with Crippen molar-refractivity contribution in [3.63, 3.8) is 0 Å². The molecule has 6 nitrogen and oxygen atoms in total. The minimum Gasteiger partial charge on any atom is -0.466 e. The van der Waals surface area contributed by atoms with E-state index in [1.54, 1.807) is 0 Å². The number of amides is 1. The molecule has 0 aromatic carbocycles. The maximum Gasteiger partial charge on any atom is 0.305 e. The molecule has 1 amide bonds. The van der Waals surface area contributed by atoms with Gasteiger partial charge < -0.3 is 20.3 Å². The lowest BCUT2D eigenvalue weighted by Crippen LogP contribution is -2.45. The summed E-state index contributed by atoms with van der Waals surface area (Å²) < 4.78 is 5.52. The summed E-state index contributed by atoms with van der Waals surface area (Å²) in [4.78, 5) is 24.7. The van der Waals surface area contributed by atoms with Gasteiger partial charge in [0.1, 0.15) is 0 Å². The molecule has 2 atom stereocenters. The molecule has 0 fully saturated rings. The van der Waals surface area contributed by atoms with Crippen LogP contribution in [0, 0.1) is 0 Å². The van der Waals surface area contributed by atoms with E-state index in [0.717, 1.165) is 38.5 Å². The Morgan fingerprint density at radius 3 is 0.826 bits per heavy atom. The molecule has 0 heterocycles. The van der Waals surface area contributed by atoms with Crippen molar-refractivity contribution in [1.29, 1.82) is 0 Å². The number of esters is 1. The van der Waals surface area contributed by atoms with Gasteiger partial charge in [0.15, 0.2) is 0 Å². The summed E-state index contributed by atoms with van der Waals surface area (Å²) in [6.07, 6.45) is 95.9. The summed E-state index contributed by atoms with van der Waals surface area (Å²) in [5.74, 6) is -0.00720. The molecule has 0 radical (unpaired) electrons. The quantitative estimate of drug-likeness (QED) is 0.0320. The van der Waals surface area contributed by atoms with Crippen LogP contribution in [0.5, 0.6) is 0 Å². The first-order valence-corrected chi connectivity index (χ1v) is 39.9. The Morgan fingerprint density at radius 1 is 0.314 bits per heavy atom. The van der Waals surface area contributed by atoms with Crippen molar-refractivity contribution in [2.45, 2.75) is 475 Å². The Labute approximate surface area is 539 Å². The van der Waals surface area contributed by atoms with E-state index in [0.29, 0.717) is 25.9 Å². The topological polar surface area (TPSA) is 95.9 Å². The van der Waals surface area contributed by atoms with Crippen molar-refractivity contribution < 1.29 is 24.5 Å². The summed E-state index contributed by atoms with van der Waals surface area (Å²) in [6, 6.07) is -0.542. The van der Waals surface area contributed by atoms with Gasteiger partial charge in [-0.2, -0.15) is 0 Å². The number of carbonyl (C=O) groups excluding carboxylic acids is 2. The Bertz CT molecular complexity index is 1300. The van der Waals surface area contributed by atoms with Crippen LogP contribution in [0.25, 0.3) is 0 Å². The third kappa shape index (κ3) is 71.7. The second-order valence-corrected chi connectivity index (χ2v) is 27.8. The number of nitrogens with one attached hydrogen (secondary N) is 1. The van der Waals surface area contributed by atoms with Gasteiger partial charge in [0.25, 0.3) is 0 Å². The maximum absolute atomic E-state index is 12.6. The summed E-state index contributed by atoms with van der Waals surface area (Å²) in [5.41, 5.74) is 0. The fourth-order valence-corrected chi connectivity index (χ4v) is 13.0. The number of hydrogen-bond donors (Lipinski definition) is 3. The first kappa shape index (κ1) is 84.6. The molecule has 0 rings (SSSR count). The second kappa shape index (κ2) is 76.1. The predicted octanol–water partition coefficient (Wildman–Crippen LogP) is 26.3. The highest BCUT2D eigenvalue weighted by atomic mass is 16.5. The monoisotopic (exact) mass is 1210 g/mol. The lowest BCUT2D eigenvalue weighted by atomic mass is 10.0. The molecule has 0 aliphatic carbocycles. The molecule has 0 saturated heterocycles. The highest BCUT2D eigenvalue weighted by Gasteiger charge is 2.20. The number of ether oxygens (including phenoxy) is 1. The summed E-state index contributed by atoms with van der Waals surface area (Å²) in [7, 11) is 0. The minimum absolute atomic E-state index is 0.0217. The molecule has 2 unspecified atom stereocenters. The van der Waals surface area contributed by atoms with Crippen LogP contribution in [0.3, 0.4) is 0 Å². The third-order valence-electron chi connectivity index (χ3n) is 19.1. The van der Waals surface area contributed by atoms with Crippen molar-refractivity contribution >= 4 is 11.9 Å². The molecule has 0 saturated carbocycles. The molecule has 0 bridgehead atoms. The largest absolute Gasteiger partial charge is 0.466 e. The molecule has 512 valence electrons. The van der Waals surface area contributed by atoms with Crippen LogP contribution in [-0.4, -0.2) is 47.4 Å². The first-order valence-electron chi connectivity index (χ1n) is 39.9. The summed E-state index contributed by atoms with van der Waals surface area (Å²) >= 11 is 0. The lowest BCUT2D eigenvalue weighted by Gasteiger charge is -2.22. The van der Waals surface area contributed by atoms with Gasteiger partial charge in [0, 0.05) is 12.8 Å². The van der Waals surface area contributed by atoms with Gasteiger partial charge in [-0.25, -0.2) is 0 Å². The molecule has 6 heteroatoms. The molecule has 0 aliphatic heterocycles. The van der Waals surface area contributed by atoms with Crippen molar-refractivity contribution in [2.75, 3.05) is 13.2 Å². The SMILES string of the molecule is CCCCCCCCCCCCCCCCCCCCCCCCCC(O)C(CO)NC(=O)CCCCCCCCCCCCCC/C=C\CCCCCCCCCCCCCCOC(=O)CCCCCCCCCCCCCCCCCCCC. The Balaban J connectivity index is 3.36. The van der Waals surface area contributed by atoms with Gasteiger partial charge in [0.2, 0.25) is 5.91 Å². The number of carbonyl (C=O) groups is 2. The van der Waals surface area contributed by atoms with Crippen LogP contribution in [0.2, 0.25) is 0 Å². The first-order chi connectivity index (χ1) is 42.5. The van der Waals surface area contributed by atoms with Crippen molar-refractivity contribution in [2.24, 2.45) is 0 Å². The van der Waals surface area contributed by atoms with Crippen molar-refractivity contribution in [3.8, 4) is 0 Å². The molecule has 0 aliphatic rings. The van der Waals surface area contributed by atoms with Crippen molar-refractivity contribution in [3.05, 3.63) is 12.2 Å². The molecular weight excluding hydrogens is 1050 g/mol. The van der Waals surface area contributed by atoms with Crippen molar-refractivity contribution in [1.82, 2.24) is 5.32 Å². The maximum atomic E-state index is 12.6. The number of aliphatic hydroxyl groups is 2. The molecule has 86 heavy (non-hydrogen) atoms. The number of allylic oxidation sites excluding steroid dienone is 2. The lowest BCUT2D eigenvalue weighted by molar-refractivity contribution is -0.143.